The average molecular weight is 377 g/mol. The van der Waals surface area contributed by atoms with E-state index in [1.54, 1.807) is 52.0 Å². The number of aromatic nitrogens is 1. The van der Waals surface area contributed by atoms with E-state index < -0.39 is 10.0 Å². The third kappa shape index (κ3) is 5.03. The summed E-state index contributed by atoms with van der Waals surface area (Å²) in [6.45, 7) is 7.04. The molecule has 0 radical (unpaired) electrons. The first-order chi connectivity index (χ1) is 12.2. The highest BCUT2D eigenvalue weighted by molar-refractivity contribution is 7.89. The highest BCUT2D eigenvalue weighted by atomic mass is 32.2. The molecule has 0 aliphatic rings. The number of benzene rings is 1. The van der Waals surface area contributed by atoms with Crippen molar-refractivity contribution < 1.29 is 17.7 Å². The standard InChI is InChI=1S/C18H23N3O4S/c1-5-17(22)19-18-13(4)20-25-16(18)11-8-14-6-9-15(10-7-14)26(23,24)21-12(2)3/h6-12,21H,5H2,1-4H3,(H,19,22)/b11-8-. The lowest BCUT2D eigenvalue weighted by Gasteiger charge is -2.09. The molecular formula is C18H23N3O4S. The van der Waals surface area contributed by atoms with Crippen molar-refractivity contribution in [1.29, 1.82) is 0 Å². The number of rotatable bonds is 7. The summed E-state index contributed by atoms with van der Waals surface area (Å²) in [7, 11) is -3.51. The number of hydrogen-bond acceptors (Lipinski definition) is 5. The van der Waals surface area contributed by atoms with Crippen molar-refractivity contribution in [3.05, 3.63) is 41.3 Å². The van der Waals surface area contributed by atoms with Crippen molar-refractivity contribution >= 4 is 33.8 Å². The fourth-order valence-electron chi connectivity index (χ4n) is 2.19. The molecule has 0 unspecified atom stereocenters. The van der Waals surface area contributed by atoms with Crippen LogP contribution in [0.4, 0.5) is 5.69 Å². The number of sulfonamides is 1. The first kappa shape index (κ1) is 19.9. The van der Waals surface area contributed by atoms with E-state index in [0.29, 0.717) is 23.6 Å². The van der Waals surface area contributed by atoms with Crippen LogP contribution in [0.3, 0.4) is 0 Å². The fourth-order valence-corrected chi connectivity index (χ4v) is 3.44. The largest absolute Gasteiger partial charge is 0.354 e. The summed E-state index contributed by atoms with van der Waals surface area (Å²) in [4.78, 5) is 11.8. The van der Waals surface area contributed by atoms with Gasteiger partial charge >= 0.3 is 0 Å². The molecule has 140 valence electrons. The minimum Gasteiger partial charge on any atom is -0.354 e. The molecule has 0 saturated heterocycles. The fraction of sp³-hybridized carbons (Fsp3) is 0.333. The van der Waals surface area contributed by atoms with Gasteiger partial charge in [0.25, 0.3) is 0 Å². The van der Waals surface area contributed by atoms with Gasteiger partial charge < -0.3 is 9.84 Å². The summed E-state index contributed by atoms with van der Waals surface area (Å²) in [6, 6.07) is 6.29. The van der Waals surface area contributed by atoms with E-state index in [-0.39, 0.29) is 16.8 Å². The Morgan fingerprint density at radius 3 is 2.46 bits per heavy atom. The number of aryl methyl sites for hydroxylation is 1. The van der Waals surface area contributed by atoms with Gasteiger partial charge in [-0.1, -0.05) is 30.3 Å². The molecule has 0 spiro atoms. The lowest BCUT2D eigenvalue weighted by molar-refractivity contribution is -0.115. The molecule has 2 N–H and O–H groups in total. The molecule has 0 aliphatic heterocycles. The molecule has 1 amide bonds. The molecule has 2 rings (SSSR count). The van der Waals surface area contributed by atoms with E-state index in [2.05, 4.69) is 15.2 Å². The minimum absolute atomic E-state index is 0.127. The summed E-state index contributed by atoms with van der Waals surface area (Å²) < 4.78 is 32.0. The van der Waals surface area contributed by atoms with Gasteiger partial charge in [0.15, 0.2) is 5.76 Å². The maximum absolute atomic E-state index is 12.1. The van der Waals surface area contributed by atoms with Crippen LogP contribution in [0.1, 0.15) is 44.2 Å². The monoisotopic (exact) mass is 377 g/mol. The number of carbonyl (C=O) groups is 1. The van der Waals surface area contributed by atoms with Crippen molar-refractivity contribution in [2.75, 3.05) is 5.32 Å². The van der Waals surface area contributed by atoms with Gasteiger partial charge in [-0.15, -0.1) is 0 Å². The van der Waals surface area contributed by atoms with Gasteiger partial charge in [0.2, 0.25) is 15.9 Å². The Morgan fingerprint density at radius 1 is 1.23 bits per heavy atom. The van der Waals surface area contributed by atoms with Crippen LogP contribution in [0.25, 0.3) is 12.2 Å². The van der Waals surface area contributed by atoms with Crippen LogP contribution in [0.15, 0.2) is 33.7 Å². The number of nitrogens with zero attached hydrogens (tertiary/aromatic N) is 1. The van der Waals surface area contributed by atoms with Crippen LogP contribution < -0.4 is 10.0 Å². The topological polar surface area (TPSA) is 101 Å². The quantitative estimate of drug-likeness (QED) is 0.772. The van der Waals surface area contributed by atoms with Crippen molar-refractivity contribution in [3.63, 3.8) is 0 Å². The Balaban J connectivity index is 2.18. The molecule has 0 aliphatic carbocycles. The van der Waals surface area contributed by atoms with Crippen molar-refractivity contribution in [3.8, 4) is 0 Å². The summed E-state index contributed by atoms with van der Waals surface area (Å²) in [5.41, 5.74) is 1.91. The van der Waals surface area contributed by atoms with Crippen LogP contribution in [-0.2, 0) is 14.8 Å². The minimum atomic E-state index is -3.51. The first-order valence-corrected chi connectivity index (χ1v) is 9.78. The van der Waals surface area contributed by atoms with Crippen LogP contribution in [0, 0.1) is 6.92 Å². The second-order valence-corrected chi connectivity index (χ2v) is 7.80. The molecule has 0 saturated carbocycles. The van der Waals surface area contributed by atoms with Crippen LogP contribution in [-0.4, -0.2) is 25.5 Å². The summed E-state index contributed by atoms with van der Waals surface area (Å²) in [5.74, 6) is 0.306. The van der Waals surface area contributed by atoms with Crippen molar-refractivity contribution in [2.24, 2.45) is 0 Å². The predicted molar refractivity (Wildman–Crippen MR) is 101 cm³/mol. The number of anilines is 1. The smallest absolute Gasteiger partial charge is 0.240 e. The van der Waals surface area contributed by atoms with Gasteiger partial charge in [-0.2, -0.15) is 0 Å². The van der Waals surface area contributed by atoms with Crippen molar-refractivity contribution in [2.45, 2.75) is 45.1 Å². The lowest BCUT2D eigenvalue weighted by atomic mass is 10.2. The second-order valence-electron chi connectivity index (χ2n) is 6.09. The zero-order valence-corrected chi connectivity index (χ0v) is 16.1. The van der Waals surface area contributed by atoms with E-state index >= 15 is 0 Å². The van der Waals surface area contributed by atoms with Crippen LogP contribution in [0.5, 0.6) is 0 Å². The maximum Gasteiger partial charge on any atom is 0.240 e. The van der Waals surface area contributed by atoms with E-state index in [1.165, 1.54) is 12.1 Å². The summed E-state index contributed by atoms with van der Waals surface area (Å²) in [6.07, 6.45) is 3.79. The summed E-state index contributed by atoms with van der Waals surface area (Å²) in [5, 5.41) is 6.62. The molecule has 8 heteroatoms. The first-order valence-electron chi connectivity index (χ1n) is 8.29. The highest BCUT2D eigenvalue weighted by Crippen LogP contribution is 2.23. The van der Waals surface area contributed by atoms with E-state index in [1.807, 2.05) is 0 Å². The lowest BCUT2D eigenvalue weighted by Crippen LogP contribution is -2.30. The van der Waals surface area contributed by atoms with Gasteiger partial charge in [-0.25, -0.2) is 13.1 Å². The molecule has 1 aromatic carbocycles. The number of hydrogen-bond donors (Lipinski definition) is 2. The molecule has 0 atom stereocenters. The number of nitrogens with one attached hydrogen (secondary N) is 2. The van der Waals surface area contributed by atoms with E-state index in [4.69, 9.17) is 4.52 Å². The maximum atomic E-state index is 12.1. The second kappa shape index (κ2) is 8.29. The zero-order valence-electron chi connectivity index (χ0n) is 15.2. The Hall–Kier alpha value is -2.45. The molecule has 0 fully saturated rings. The van der Waals surface area contributed by atoms with Gasteiger partial charge in [0.1, 0.15) is 11.4 Å². The van der Waals surface area contributed by atoms with E-state index in [9.17, 15) is 13.2 Å². The molecule has 2 aromatic rings. The molecule has 0 bridgehead atoms. The Bertz CT molecular complexity index is 897. The van der Waals surface area contributed by atoms with Gasteiger partial charge in [0, 0.05) is 12.5 Å². The van der Waals surface area contributed by atoms with E-state index in [0.717, 1.165) is 5.56 Å². The van der Waals surface area contributed by atoms with Gasteiger partial charge in [-0.05, 0) is 44.5 Å². The SMILES string of the molecule is CCC(=O)Nc1c(C)noc1/C=C\c1ccc(S(=O)(=O)NC(C)C)cc1. The zero-order chi connectivity index (χ0) is 19.3. The summed E-state index contributed by atoms with van der Waals surface area (Å²) >= 11 is 0. The highest BCUT2D eigenvalue weighted by Gasteiger charge is 2.15. The predicted octanol–water partition coefficient (Wildman–Crippen LogP) is 3.19. The molecule has 1 aromatic heterocycles. The Kier molecular flexibility index (Phi) is 6.33. The number of amides is 1. The van der Waals surface area contributed by atoms with Crippen LogP contribution in [0.2, 0.25) is 0 Å². The number of carbonyl (C=O) groups excluding carboxylic acids is 1. The normalized spacial score (nSPS) is 12.0. The van der Waals surface area contributed by atoms with Gasteiger partial charge in [0.05, 0.1) is 4.90 Å². The molecular weight excluding hydrogens is 354 g/mol. The molecule has 1 heterocycles. The van der Waals surface area contributed by atoms with Gasteiger partial charge in [-0.3, -0.25) is 4.79 Å². The third-order valence-electron chi connectivity index (χ3n) is 3.48. The Morgan fingerprint density at radius 2 is 1.88 bits per heavy atom. The van der Waals surface area contributed by atoms with Crippen LogP contribution >= 0.6 is 0 Å². The average Bonchev–Trinajstić information content (AvgIpc) is 2.92. The molecule has 7 nitrogen and oxygen atoms in total. The Labute approximate surface area is 153 Å². The molecule has 26 heavy (non-hydrogen) atoms. The third-order valence-corrected chi connectivity index (χ3v) is 5.16. The van der Waals surface area contributed by atoms with Crippen molar-refractivity contribution in [1.82, 2.24) is 9.88 Å².